The van der Waals surface area contributed by atoms with Gasteiger partial charge in [-0.25, -0.2) is 0 Å². The molecular weight excluding hydrogens is 414 g/mol. The summed E-state index contributed by atoms with van der Waals surface area (Å²) in [5.74, 6) is -0.236. The molecule has 4 nitrogen and oxygen atoms in total. The summed E-state index contributed by atoms with van der Waals surface area (Å²) in [5.41, 5.74) is 2.45. The molecule has 1 N–H and O–H groups in total. The SMILES string of the molecule is Cl.Cl.N#Cc1ccc([C@H](c2ccc(OC(F)(F)F)cc2)N2CCNCC2)cc1. The molecule has 1 fully saturated rings. The van der Waals surface area contributed by atoms with E-state index in [9.17, 15) is 13.2 Å². The normalized spacial score (nSPS) is 15.5. The van der Waals surface area contributed by atoms with Crippen LogP contribution in [0.15, 0.2) is 48.5 Å². The van der Waals surface area contributed by atoms with E-state index in [1.54, 1.807) is 24.3 Å². The maximum absolute atomic E-state index is 12.4. The standard InChI is InChI=1S/C19H18F3N3O.2ClH/c20-19(21,22)26-17-7-5-16(6-8-17)18(25-11-9-24-10-12-25)15-3-1-14(13-23)2-4-15;;/h1-8,18,24H,9-12H2;2*1H/t18-;;/m1../s1. The van der Waals surface area contributed by atoms with Crippen molar-refractivity contribution in [2.45, 2.75) is 12.4 Å². The van der Waals surface area contributed by atoms with E-state index in [0.717, 1.165) is 37.3 Å². The Morgan fingerprint density at radius 1 is 0.929 bits per heavy atom. The molecule has 0 unspecified atom stereocenters. The number of piperazine rings is 1. The number of nitrogens with one attached hydrogen (secondary N) is 1. The highest BCUT2D eigenvalue weighted by Gasteiger charge is 2.31. The molecule has 0 saturated carbocycles. The van der Waals surface area contributed by atoms with E-state index in [1.807, 2.05) is 12.1 Å². The largest absolute Gasteiger partial charge is 0.573 e. The molecule has 1 saturated heterocycles. The molecule has 0 bridgehead atoms. The van der Waals surface area contributed by atoms with Crippen LogP contribution in [0.25, 0.3) is 0 Å². The van der Waals surface area contributed by atoms with E-state index >= 15 is 0 Å². The second kappa shape index (κ2) is 10.5. The molecule has 2 aromatic rings. The van der Waals surface area contributed by atoms with Crippen molar-refractivity contribution in [3.05, 3.63) is 65.2 Å². The Kier molecular flexibility index (Phi) is 9.05. The van der Waals surface area contributed by atoms with Crippen molar-refractivity contribution in [1.29, 1.82) is 5.26 Å². The van der Waals surface area contributed by atoms with Crippen LogP contribution in [-0.4, -0.2) is 37.4 Å². The third-order valence-electron chi connectivity index (χ3n) is 4.30. The van der Waals surface area contributed by atoms with Gasteiger partial charge in [0.15, 0.2) is 0 Å². The zero-order valence-electron chi connectivity index (χ0n) is 14.8. The third kappa shape index (κ3) is 6.28. The molecule has 1 atom stereocenters. The molecule has 9 heteroatoms. The Morgan fingerprint density at radius 2 is 1.43 bits per heavy atom. The summed E-state index contributed by atoms with van der Waals surface area (Å²) in [6.45, 7) is 3.35. The lowest BCUT2D eigenvalue weighted by Gasteiger charge is -2.35. The summed E-state index contributed by atoms with van der Waals surface area (Å²) in [4.78, 5) is 2.28. The average molecular weight is 434 g/mol. The van der Waals surface area contributed by atoms with E-state index in [-0.39, 0.29) is 36.6 Å². The summed E-state index contributed by atoms with van der Waals surface area (Å²) in [6, 6.07) is 15.3. The Bertz CT molecular complexity index is 771. The van der Waals surface area contributed by atoms with Crippen molar-refractivity contribution in [3.63, 3.8) is 0 Å². The second-order valence-electron chi connectivity index (χ2n) is 6.04. The van der Waals surface area contributed by atoms with Crippen molar-refractivity contribution in [3.8, 4) is 11.8 Å². The number of benzene rings is 2. The molecule has 0 spiro atoms. The van der Waals surface area contributed by atoms with E-state index in [1.165, 1.54) is 12.1 Å². The van der Waals surface area contributed by atoms with Gasteiger partial charge in [-0.3, -0.25) is 4.90 Å². The molecule has 3 rings (SSSR count). The third-order valence-corrected chi connectivity index (χ3v) is 4.30. The number of hydrogen-bond donors (Lipinski definition) is 1. The maximum atomic E-state index is 12.4. The maximum Gasteiger partial charge on any atom is 0.573 e. The summed E-state index contributed by atoms with van der Waals surface area (Å²) >= 11 is 0. The van der Waals surface area contributed by atoms with Crippen LogP contribution in [0.5, 0.6) is 5.75 Å². The van der Waals surface area contributed by atoms with Gasteiger partial charge in [-0.2, -0.15) is 5.26 Å². The Hall–Kier alpha value is -1.98. The Morgan fingerprint density at radius 3 is 1.89 bits per heavy atom. The lowest BCUT2D eigenvalue weighted by atomic mass is 9.95. The van der Waals surface area contributed by atoms with Crippen molar-refractivity contribution in [1.82, 2.24) is 10.2 Å². The summed E-state index contributed by atoms with van der Waals surface area (Å²) < 4.78 is 41.0. The van der Waals surface area contributed by atoms with Gasteiger partial charge in [0.2, 0.25) is 0 Å². The van der Waals surface area contributed by atoms with Crippen LogP contribution in [0, 0.1) is 11.3 Å². The number of ether oxygens (including phenoxy) is 1. The first-order chi connectivity index (χ1) is 12.5. The smallest absolute Gasteiger partial charge is 0.406 e. The lowest BCUT2D eigenvalue weighted by Crippen LogP contribution is -2.45. The Balaban J connectivity index is 0.00000196. The lowest BCUT2D eigenvalue weighted by molar-refractivity contribution is -0.274. The quantitative estimate of drug-likeness (QED) is 0.780. The van der Waals surface area contributed by atoms with Crippen molar-refractivity contribution < 1.29 is 17.9 Å². The predicted octanol–water partition coefficient (Wildman–Crippen LogP) is 4.30. The molecule has 0 radical (unpaired) electrons. The van der Waals surface area contributed by atoms with Gasteiger partial charge in [-0.05, 0) is 35.4 Å². The highest BCUT2D eigenvalue weighted by atomic mass is 35.5. The highest BCUT2D eigenvalue weighted by molar-refractivity contribution is 5.85. The van der Waals surface area contributed by atoms with Crippen LogP contribution in [0.3, 0.4) is 0 Å². The van der Waals surface area contributed by atoms with Gasteiger partial charge in [0.05, 0.1) is 17.7 Å². The van der Waals surface area contributed by atoms with E-state index in [2.05, 4.69) is 21.0 Å². The summed E-state index contributed by atoms with van der Waals surface area (Å²) in [6.07, 6.45) is -4.70. The number of nitriles is 1. The van der Waals surface area contributed by atoms with Gasteiger partial charge in [-0.1, -0.05) is 24.3 Å². The zero-order chi connectivity index (χ0) is 18.6. The van der Waals surface area contributed by atoms with E-state index < -0.39 is 6.36 Å². The molecule has 1 aliphatic heterocycles. The van der Waals surface area contributed by atoms with Crippen LogP contribution in [-0.2, 0) is 0 Å². The van der Waals surface area contributed by atoms with Gasteiger partial charge in [0.25, 0.3) is 0 Å². The minimum Gasteiger partial charge on any atom is -0.406 e. The number of rotatable bonds is 4. The molecule has 0 aliphatic carbocycles. The molecule has 2 aromatic carbocycles. The van der Waals surface area contributed by atoms with Gasteiger partial charge >= 0.3 is 6.36 Å². The summed E-state index contributed by atoms with van der Waals surface area (Å²) in [5, 5.41) is 12.3. The first-order valence-electron chi connectivity index (χ1n) is 8.27. The van der Waals surface area contributed by atoms with Crippen LogP contribution >= 0.6 is 24.8 Å². The van der Waals surface area contributed by atoms with Gasteiger partial charge in [0, 0.05) is 26.2 Å². The molecule has 28 heavy (non-hydrogen) atoms. The first kappa shape index (κ1) is 24.1. The summed E-state index contributed by atoms with van der Waals surface area (Å²) in [7, 11) is 0. The van der Waals surface area contributed by atoms with E-state index in [0.29, 0.717) is 5.56 Å². The zero-order valence-corrected chi connectivity index (χ0v) is 16.4. The fraction of sp³-hybridized carbons (Fsp3) is 0.316. The number of nitrogens with zero attached hydrogens (tertiary/aromatic N) is 2. The number of halogens is 5. The predicted molar refractivity (Wildman–Crippen MR) is 105 cm³/mol. The van der Waals surface area contributed by atoms with Crippen molar-refractivity contribution in [2.75, 3.05) is 26.2 Å². The van der Waals surface area contributed by atoms with Gasteiger partial charge in [-0.15, -0.1) is 38.0 Å². The molecule has 152 valence electrons. The fourth-order valence-electron chi connectivity index (χ4n) is 3.15. The molecule has 1 aliphatic rings. The van der Waals surface area contributed by atoms with Gasteiger partial charge in [0.1, 0.15) is 5.75 Å². The second-order valence-corrected chi connectivity index (χ2v) is 6.04. The van der Waals surface area contributed by atoms with Gasteiger partial charge < -0.3 is 10.1 Å². The molecule has 0 aromatic heterocycles. The van der Waals surface area contributed by atoms with Crippen LogP contribution in [0.2, 0.25) is 0 Å². The molecule has 1 heterocycles. The monoisotopic (exact) mass is 433 g/mol. The number of hydrogen-bond acceptors (Lipinski definition) is 4. The van der Waals surface area contributed by atoms with E-state index in [4.69, 9.17) is 5.26 Å². The van der Waals surface area contributed by atoms with Crippen LogP contribution in [0.1, 0.15) is 22.7 Å². The Labute approximate surface area is 174 Å². The minimum absolute atomic E-state index is 0. The average Bonchev–Trinajstić information content (AvgIpc) is 2.64. The van der Waals surface area contributed by atoms with Crippen molar-refractivity contribution >= 4 is 24.8 Å². The minimum atomic E-state index is -4.70. The number of alkyl halides is 3. The highest BCUT2D eigenvalue weighted by Crippen LogP contribution is 2.31. The molecular formula is C19H20Cl2F3N3O. The van der Waals surface area contributed by atoms with Crippen LogP contribution < -0.4 is 10.1 Å². The van der Waals surface area contributed by atoms with Crippen LogP contribution in [0.4, 0.5) is 13.2 Å². The molecule has 0 amide bonds. The first-order valence-corrected chi connectivity index (χ1v) is 8.27. The fourth-order valence-corrected chi connectivity index (χ4v) is 3.15. The topological polar surface area (TPSA) is 48.3 Å². The van der Waals surface area contributed by atoms with Crippen molar-refractivity contribution in [2.24, 2.45) is 0 Å².